The van der Waals surface area contributed by atoms with Crippen LogP contribution >= 0.6 is 0 Å². The topological polar surface area (TPSA) is 16.1 Å². The highest BCUT2D eigenvalue weighted by Crippen LogP contribution is 2.44. The van der Waals surface area contributed by atoms with Crippen molar-refractivity contribution in [2.75, 3.05) is 4.90 Å². The quantitative estimate of drug-likeness (QED) is 0.756. The van der Waals surface area contributed by atoms with Crippen LogP contribution in [0.3, 0.4) is 0 Å². The molecule has 1 aromatic heterocycles. The lowest BCUT2D eigenvalue weighted by atomic mass is 9.73. The van der Waals surface area contributed by atoms with E-state index >= 15 is 0 Å². The lowest BCUT2D eigenvalue weighted by Crippen LogP contribution is -2.56. The molecule has 2 nitrogen and oxygen atoms in total. The number of hydrogen-bond acceptors (Lipinski definition) is 2. The summed E-state index contributed by atoms with van der Waals surface area (Å²) in [5.41, 5.74) is 2.54. The average Bonchev–Trinajstić information content (AvgIpc) is 2.52. The summed E-state index contributed by atoms with van der Waals surface area (Å²) in [6.07, 6.45) is 7.37. The molecule has 0 amide bonds. The fourth-order valence-electron chi connectivity index (χ4n) is 4.55. The molecule has 0 radical (unpaired) electrons. The second kappa shape index (κ2) is 5.01. The molecule has 4 atom stereocenters. The number of para-hydroxylation sites is 1. The Bertz CT molecular complexity index is 628. The lowest BCUT2D eigenvalue weighted by Gasteiger charge is -2.53. The second-order valence-electron chi connectivity index (χ2n) is 7.00. The number of pyridine rings is 1. The molecule has 1 aromatic carbocycles. The molecule has 2 heteroatoms. The number of rotatable bonds is 1. The first-order valence-corrected chi connectivity index (χ1v) is 8.38. The minimum Gasteiger partial charge on any atom is -0.363 e. The molecule has 0 saturated carbocycles. The van der Waals surface area contributed by atoms with Crippen LogP contribution in [-0.2, 0) is 0 Å². The summed E-state index contributed by atoms with van der Waals surface area (Å²) < 4.78 is 0. The van der Waals surface area contributed by atoms with E-state index in [1.54, 1.807) is 0 Å². The van der Waals surface area contributed by atoms with Crippen LogP contribution in [0.4, 0.5) is 5.69 Å². The highest BCUT2D eigenvalue weighted by Gasteiger charge is 2.41. The van der Waals surface area contributed by atoms with E-state index in [1.165, 1.54) is 42.3 Å². The van der Waals surface area contributed by atoms with Gasteiger partial charge in [-0.3, -0.25) is 4.98 Å². The number of hydrogen-bond donors (Lipinski definition) is 0. The Morgan fingerprint density at radius 1 is 0.905 bits per heavy atom. The van der Waals surface area contributed by atoms with Crippen LogP contribution in [-0.4, -0.2) is 17.1 Å². The molecular formula is C19H24N2. The maximum atomic E-state index is 4.69. The first-order chi connectivity index (χ1) is 10.3. The van der Waals surface area contributed by atoms with Gasteiger partial charge in [0.25, 0.3) is 0 Å². The Balaban J connectivity index is 1.86. The van der Waals surface area contributed by atoms with Crippen LogP contribution in [0.25, 0.3) is 10.9 Å². The molecule has 2 aliphatic rings. The van der Waals surface area contributed by atoms with Gasteiger partial charge >= 0.3 is 0 Å². The van der Waals surface area contributed by atoms with Crippen molar-refractivity contribution >= 4 is 16.6 Å². The van der Waals surface area contributed by atoms with Gasteiger partial charge in [-0.05, 0) is 49.7 Å². The number of benzene rings is 1. The average molecular weight is 280 g/mol. The Hall–Kier alpha value is -1.57. The van der Waals surface area contributed by atoms with Crippen LogP contribution < -0.4 is 4.90 Å². The predicted molar refractivity (Wildman–Crippen MR) is 88.6 cm³/mol. The molecule has 110 valence electrons. The summed E-state index contributed by atoms with van der Waals surface area (Å²) in [4.78, 5) is 7.43. The van der Waals surface area contributed by atoms with Crippen molar-refractivity contribution in [2.45, 2.75) is 51.6 Å². The van der Waals surface area contributed by atoms with Gasteiger partial charge in [0.15, 0.2) is 0 Å². The SMILES string of the molecule is C[C@H]1CC[C@@H]2[C@@H](C)CC[C@H]1N2c1cccc2cccnc12. The molecule has 0 spiro atoms. The van der Waals surface area contributed by atoms with Gasteiger partial charge in [-0.2, -0.15) is 0 Å². The smallest absolute Gasteiger partial charge is 0.0935 e. The molecular weight excluding hydrogens is 256 g/mol. The molecule has 21 heavy (non-hydrogen) atoms. The number of aromatic nitrogens is 1. The Kier molecular flexibility index (Phi) is 3.13. The maximum absolute atomic E-state index is 4.69. The van der Waals surface area contributed by atoms with Crippen LogP contribution in [0.2, 0.25) is 0 Å². The Morgan fingerprint density at radius 2 is 1.57 bits per heavy atom. The van der Waals surface area contributed by atoms with Crippen LogP contribution in [0.5, 0.6) is 0 Å². The van der Waals surface area contributed by atoms with Crippen LogP contribution in [0.1, 0.15) is 39.5 Å². The number of anilines is 1. The van der Waals surface area contributed by atoms with Gasteiger partial charge in [0.1, 0.15) is 0 Å². The summed E-state index contributed by atoms with van der Waals surface area (Å²) in [5.74, 6) is 1.60. The molecule has 2 aromatic rings. The minimum atomic E-state index is 0.701. The normalized spacial score (nSPS) is 32.4. The predicted octanol–water partition coefficient (Wildman–Crippen LogP) is 4.64. The van der Waals surface area contributed by atoms with E-state index in [1.807, 2.05) is 12.3 Å². The number of fused-ring (bicyclic) bond motifs is 3. The zero-order valence-corrected chi connectivity index (χ0v) is 13.0. The molecule has 2 saturated heterocycles. The van der Waals surface area contributed by atoms with E-state index in [0.717, 1.165) is 11.8 Å². The summed E-state index contributed by atoms with van der Waals surface area (Å²) in [7, 11) is 0. The van der Waals surface area contributed by atoms with E-state index < -0.39 is 0 Å². The van der Waals surface area contributed by atoms with Gasteiger partial charge in [-0.25, -0.2) is 0 Å². The van der Waals surface area contributed by atoms with E-state index in [0.29, 0.717) is 12.1 Å². The first-order valence-electron chi connectivity index (χ1n) is 8.38. The summed E-state index contributed by atoms with van der Waals surface area (Å²) in [5, 5.41) is 1.26. The second-order valence-corrected chi connectivity index (χ2v) is 7.00. The zero-order chi connectivity index (χ0) is 14.4. The number of piperidine rings is 2. The van der Waals surface area contributed by atoms with Crippen molar-refractivity contribution in [3.8, 4) is 0 Å². The van der Waals surface area contributed by atoms with E-state index in [4.69, 9.17) is 4.98 Å². The molecule has 0 unspecified atom stereocenters. The first kappa shape index (κ1) is 13.1. The lowest BCUT2D eigenvalue weighted by molar-refractivity contribution is 0.184. The maximum Gasteiger partial charge on any atom is 0.0935 e. The highest BCUT2D eigenvalue weighted by atomic mass is 15.2. The van der Waals surface area contributed by atoms with Gasteiger partial charge in [0, 0.05) is 23.7 Å². The largest absolute Gasteiger partial charge is 0.363 e. The molecule has 0 N–H and O–H groups in total. The standard InChI is InChI=1S/C19H24N2/c1-13-8-10-17-14(2)9-11-16(13)21(17)18-7-3-5-15-6-4-12-20-19(15)18/h3-7,12-14,16-17H,8-11H2,1-2H3/t13-,14-,16+,17+/m0/s1. The Morgan fingerprint density at radius 3 is 2.29 bits per heavy atom. The molecule has 4 rings (SSSR count). The highest BCUT2D eigenvalue weighted by molar-refractivity contribution is 5.91. The fraction of sp³-hybridized carbons (Fsp3) is 0.526. The van der Waals surface area contributed by atoms with Crippen molar-refractivity contribution < 1.29 is 0 Å². The van der Waals surface area contributed by atoms with Gasteiger partial charge in [-0.15, -0.1) is 0 Å². The monoisotopic (exact) mass is 280 g/mol. The third-order valence-corrected chi connectivity index (χ3v) is 5.75. The van der Waals surface area contributed by atoms with Crippen molar-refractivity contribution in [1.82, 2.24) is 4.98 Å². The van der Waals surface area contributed by atoms with E-state index in [2.05, 4.69) is 43.0 Å². The summed E-state index contributed by atoms with van der Waals surface area (Å²) >= 11 is 0. The van der Waals surface area contributed by atoms with E-state index in [9.17, 15) is 0 Å². The Labute approximate surface area is 127 Å². The third-order valence-electron chi connectivity index (χ3n) is 5.75. The van der Waals surface area contributed by atoms with Crippen molar-refractivity contribution in [1.29, 1.82) is 0 Å². The molecule has 2 bridgehead atoms. The molecule has 2 fully saturated rings. The van der Waals surface area contributed by atoms with Crippen molar-refractivity contribution in [2.24, 2.45) is 11.8 Å². The number of nitrogens with zero attached hydrogens (tertiary/aromatic N) is 2. The molecule has 3 heterocycles. The van der Waals surface area contributed by atoms with Gasteiger partial charge in [-0.1, -0.05) is 32.0 Å². The van der Waals surface area contributed by atoms with Gasteiger partial charge in [0.2, 0.25) is 0 Å². The van der Waals surface area contributed by atoms with E-state index in [-0.39, 0.29) is 0 Å². The third kappa shape index (κ3) is 2.04. The van der Waals surface area contributed by atoms with Gasteiger partial charge < -0.3 is 4.90 Å². The van der Waals surface area contributed by atoms with Crippen LogP contribution in [0, 0.1) is 11.8 Å². The van der Waals surface area contributed by atoms with Gasteiger partial charge in [0.05, 0.1) is 11.2 Å². The fourth-order valence-corrected chi connectivity index (χ4v) is 4.55. The van der Waals surface area contributed by atoms with Crippen molar-refractivity contribution in [3.05, 3.63) is 36.5 Å². The minimum absolute atomic E-state index is 0.701. The van der Waals surface area contributed by atoms with Crippen molar-refractivity contribution in [3.63, 3.8) is 0 Å². The zero-order valence-electron chi connectivity index (χ0n) is 13.0. The summed E-state index contributed by atoms with van der Waals surface area (Å²) in [6.45, 7) is 4.87. The molecule has 0 aliphatic carbocycles. The summed E-state index contributed by atoms with van der Waals surface area (Å²) in [6, 6.07) is 12.3. The molecule has 2 aliphatic heterocycles. The van der Waals surface area contributed by atoms with Crippen LogP contribution in [0.15, 0.2) is 36.5 Å².